The minimum absolute atomic E-state index is 0.153. The van der Waals surface area contributed by atoms with E-state index in [4.69, 9.17) is 23.2 Å². The predicted molar refractivity (Wildman–Crippen MR) is 74.1 cm³/mol. The van der Waals surface area contributed by atoms with Crippen molar-refractivity contribution in [1.29, 1.82) is 0 Å². The van der Waals surface area contributed by atoms with E-state index in [0.29, 0.717) is 12.1 Å². The van der Waals surface area contributed by atoms with Crippen LogP contribution in [-0.2, 0) is 4.57 Å². The SMILES string of the molecule is CC12CP(=O)(c3ccccc3)CCC1C2(Cl)Cl. The van der Waals surface area contributed by atoms with E-state index in [0.717, 1.165) is 17.9 Å². The third kappa shape index (κ3) is 1.56. The average molecular weight is 289 g/mol. The highest BCUT2D eigenvalue weighted by molar-refractivity contribution is 7.71. The van der Waals surface area contributed by atoms with Crippen LogP contribution in [0, 0.1) is 11.3 Å². The van der Waals surface area contributed by atoms with Crippen molar-refractivity contribution in [1.82, 2.24) is 0 Å². The number of hydrogen-bond donors (Lipinski definition) is 0. The number of hydrogen-bond acceptors (Lipinski definition) is 1. The van der Waals surface area contributed by atoms with Crippen LogP contribution in [0.2, 0.25) is 0 Å². The quantitative estimate of drug-likeness (QED) is 0.566. The van der Waals surface area contributed by atoms with Gasteiger partial charge in [-0.25, -0.2) is 0 Å². The summed E-state index contributed by atoms with van der Waals surface area (Å²) >= 11 is 12.6. The van der Waals surface area contributed by atoms with E-state index in [1.54, 1.807) is 0 Å². The van der Waals surface area contributed by atoms with E-state index < -0.39 is 11.5 Å². The van der Waals surface area contributed by atoms with Crippen molar-refractivity contribution in [2.24, 2.45) is 11.3 Å². The summed E-state index contributed by atoms with van der Waals surface area (Å²) in [5.41, 5.74) is -0.153. The zero-order valence-corrected chi connectivity index (χ0v) is 12.1. The van der Waals surface area contributed by atoms with Crippen LogP contribution < -0.4 is 5.30 Å². The van der Waals surface area contributed by atoms with Crippen molar-refractivity contribution >= 4 is 35.6 Å². The lowest BCUT2D eigenvalue weighted by Gasteiger charge is -2.27. The topological polar surface area (TPSA) is 17.1 Å². The highest BCUT2D eigenvalue weighted by Gasteiger charge is 2.75. The molecule has 0 radical (unpaired) electrons. The molecule has 0 bridgehead atoms. The Bertz CT molecular complexity index is 499. The van der Waals surface area contributed by atoms with Crippen LogP contribution in [0.4, 0.5) is 0 Å². The lowest BCUT2D eigenvalue weighted by molar-refractivity contribution is 0.502. The van der Waals surface area contributed by atoms with Gasteiger partial charge in [0.1, 0.15) is 11.5 Å². The second-order valence-electron chi connectivity index (χ2n) is 5.49. The van der Waals surface area contributed by atoms with E-state index >= 15 is 0 Å². The molecule has 1 saturated heterocycles. The van der Waals surface area contributed by atoms with Gasteiger partial charge in [-0.05, 0) is 6.42 Å². The zero-order chi connectivity index (χ0) is 12.3. The molecule has 3 unspecified atom stereocenters. The second kappa shape index (κ2) is 3.53. The van der Waals surface area contributed by atoms with Gasteiger partial charge in [-0.15, -0.1) is 23.2 Å². The molecule has 1 aliphatic heterocycles. The lowest BCUT2D eigenvalue weighted by Crippen LogP contribution is -2.22. The second-order valence-corrected chi connectivity index (χ2v) is 9.93. The monoisotopic (exact) mass is 288 g/mol. The number of rotatable bonds is 1. The molecule has 17 heavy (non-hydrogen) atoms. The Morgan fingerprint density at radius 2 is 1.94 bits per heavy atom. The molecular weight excluding hydrogens is 274 g/mol. The molecule has 3 atom stereocenters. The van der Waals surface area contributed by atoms with Gasteiger partial charge in [-0.1, -0.05) is 37.3 Å². The van der Waals surface area contributed by atoms with E-state index in [2.05, 4.69) is 6.92 Å². The average Bonchev–Trinajstić information content (AvgIpc) is 2.72. The molecule has 0 N–H and O–H groups in total. The van der Waals surface area contributed by atoms with Gasteiger partial charge in [-0.3, -0.25) is 0 Å². The molecule has 92 valence electrons. The fraction of sp³-hybridized carbons (Fsp3) is 0.538. The maximum Gasteiger partial charge on any atom is 0.127 e. The Balaban J connectivity index is 1.95. The molecule has 1 heterocycles. The summed E-state index contributed by atoms with van der Waals surface area (Å²) in [4.78, 5) is 0. The van der Waals surface area contributed by atoms with Crippen molar-refractivity contribution in [3.05, 3.63) is 30.3 Å². The highest BCUT2D eigenvalue weighted by atomic mass is 35.5. The Kier molecular flexibility index (Phi) is 2.51. The molecule has 1 aliphatic carbocycles. The molecular formula is C13H15Cl2OP. The molecule has 0 aromatic heterocycles. The van der Waals surface area contributed by atoms with Crippen molar-refractivity contribution < 1.29 is 4.57 Å². The molecule has 1 nitrogen and oxygen atoms in total. The number of fused-ring (bicyclic) bond motifs is 1. The van der Waals surface area contributed by atoms with Crippen LogP contribution in [-0.4, -0.2) is 16.7 Å². The fourth-order valence-electron chi connectivity index (χ4n) is 3.26. The van der Waals surface area contributed by atoms with Gasteiger partial charge in [0, 0.05) is 29.0 Å². The molecule has 2 aliphatic rings. The highest BCUT2D eigenvalue weighted by Crippen LogP contribution is 2.77. The first-order chi connectivity index (χ1) is 7.90. The minimum atomic E-state index is -2.29. The summed E-state index contributed by atoms with van der Waals surface area (Å²) < 4.78 is 12.4. The van der Waals surface area contributed by atoms with Crippen LogP contribution in [0.5, 0.6) is 0 Å². The lowest BCUT2D eigenvalue weighted by atomic mass is 10.1. The molecule has 3 rings (SSSR count). The summed E-state index contributed by atoms with van der Waals surface area (Å²) in [6.07, 6.45) is 2.29. The van der Waals surface area contributed by atoms with Crippen LogP contribution in [0.15, 0.2) is 30.3 Å². The third-order valence-electron chi connectivity index (χ3n) is 4.47. The summed E-state index contributed by atoms with van der Waals surface area (Å²) in [7, 11) is -2.29. The summed E-state index contributed by atoms with van der Waals surface area (Å²) in [5.74, 6) is 0.323. The van der Waals surface area contributed by atoms with Crippen molar-refractivity contribution in [3.63, 3.8) is 0 Å². The van der Waals surface area contributed by atoms with E-state index in [-0.39, 0.29) is 5.41 Å². The Labute approximate surface area is 112 Å². The van der Waals surface area contributed by atoms with Gasteiger partial charge < -0.3 is 4.57 Å². The van der Waals surface area contributed by atoms with Crippen molar-refractivity contribution in [3.8, 4) is 0 Å². The fourth-order valence-corrected chi connectivity index (χ4v) is 7.95. The molecule has 4 heteroatoms. The number of benzene rings is 1. The first kappa shape index (κ1) is 12.1. The zero-order valence-electron chi connectivity index (χ0n) is 9.70. The van der Waals surface area contributed by atoms with Crippen LogP contribution in [0.3, 0.4) is 0 Å². The predicted octanol–water partition coefficient (Wildman–Crippen LogP) is 3.89. The smallest absolute Gasteiger partial charge is 0.127 e. The van der Waals surface area contributed by atoms with Crippen molar-refractivity contribution in [2.75, 3.05) is 12.3 Å². The minimum Gasteiger partial charge on any atom is -0.319 e. The van der Waals surface area contributed by atoms with E-state index in [1.165, 1.54) is 0 Å². The van der Waals surface area contributed by atoms with Gasteiger partial charge in [0.2, 0.25) is 0 Å². The van der Waals surface area contributed by atoms with Gasteiger partial charge in [0.05, 0.1) is 0 Å². The summed E-state index contributed by atoms with van der Waals surface area (Å²) in [6.45, 7) is 2.08. The van der Waals surface area contributed by atoms with E-state index in [9.17, 15) is 4.57 Å². The van der Waals surface area contributed by atoms with Gasteiger partial charge in [-0.2, -0.15) is 0 Å². The summed E-state index contributed by atoms with van der Waals surface area (Å²) in [5, 5.41) is 0.982. The molecule has 1 aromatic rings. The number of halogens is 2. The standard InChI is InChI=1S/C13H15Cl2OP/c1-12-9-17(16,10-5-3-2-4-6-10)8-7-11(12)13(12,14)15/h2-6,11H,7-9H2,1H3. The normalized spacial score (nSPS) is 42.9. The first-order valence-electron chi connectivity index (χ1n) is 5.92. The molecule has 0 spiro atoms. The Morgan fingerprint density at radius 3 is 2.53 bits per heavy atom. The molecule has 2 fully saturated rings. The molecule has 1 aromatic carbocycles. The molecule has 1 saturated carbocycles. The molecule has 0 amide bonds. The van der Waals surface area contributed by atoms with Crippen molar-refractivity contribution in [2.45, 2.75) is 17.7 Å². The van der Waals surface area contributed by atoms with Gasteiger partial charge in [0.25, 0.3) is 0 Å². The van der Waals surface area contributed by atoms with E-state index in [1.807, 2.05) is 30.3 Å². The number of alkyl halides is 2. The van der Waals surface area contributed by atoms with Gasteiger partial charge in [0.15, 0.2) is 0 Å². The summed E-state index contributed by atoms with van der Waals surface area (Å²) in [6, 6.07) is 9.79. The van der Waals surface area contributed by atoms with Crippen LogP contribution in [0.1, 0.15) is 13.3 Å². The van der Waals surface area contributed by atoms with Crippen LogP contribution in [0.25, 0.3) is 0 Å². The van der Waals surface area contributed by atoms with Gasteiger partial charge >= 0.3 is 0 Å². The largest absolute Gasteiger partial charge is 0.319 e. The Hall–Kier alpha value is 0.0300. The first-order valence-corrected chi connectivity index (χ1v) is 8.75. The van der Waals surface area contributed by atoms with Crippen LogP contribution >= 0.6 is 30.3 Å². The Morgan fingerprint density at radius 1 is 1.29 bits per heavy atom. The third-order valence-corrected chi connectivity index (χ3v) is 9.25. The maximum absolute atomic E-state index is 13.0. The maximum atomic E-state index is 13.0.